The number of aromatic nitrogens is 1. The molecule has 0 bridgehead atoms. The molecule has 5 nitrogen and oxygen atoms in total. The first-order valence-corrected chi connectivity index (χ1v) is 4.71. The number of carboxylic acids is 1. The summed E-state index contributed by atoms with van der Waals surface area (Å²) in [5, 5.41) is 8.77. The lowest BCUT2D eigenvalue weighted by atomic mass is 10.3. The Balaban J connectivity index is 2.67. The van der Waals surface area contributed by atoms with E-state index in [1.165, 1.54) is 6.20 Å². The number of carbonyl (C=O) groups is 1. The van der Waals surface area contributed by atoms with Crippen molar-refractivity contribution in [3.05, 3.63) is 24.0 Å². The first kappa shape index (κ1) is 11.5. The summed E-state index contributed by atoms with van der Waals surface area (Å²) in [4.78, 5) is 14.7. The van der Waals surface area contributed by atoms with E-state index in [2.05, 4.69) is 4.98 Å². The van der Waals surface area contributed by atoms with Crippen LogP contribution in [0.2, 0.25) is 0 Å². The van der Waals surface area contributed by atoms with Crippen molar-refractivity contribution in [2.45, 2.75) is 26.0 Å². The normalized spacial score (nSPS) is 12.1. The second-order valence-electron chi connectivity index (χ2n) is 3.04. The maximum absolute atomic E-state index is 10.7. The molecule has 1 aromatic heterocycles. The van der Waals surface area contributed by atoms with Gasteiger partial charge >= 0.3 is 5.97 Å². The number of carboxylic acid groups (broad SMARTS) is 1. The van der Waals surface area contributed by atoms with Crippen LogP contribution in [0.3, 0.4) is 0 Å². The lowest BCUT2D eigenvalue weighted by Crippen LogP contribution is -2.25. The molecule has 1 heterocycles. The zero-order chi connectivity index (χ0) is 11.3. The summed E-state index contributed by atoms with van der Waals surface area (Å²) in [5.74, 6) is -0.526. The minimum Gasteiger partial charge on any atom is -0.479 e. The van der Waals surface area contributed by atoms with Crippen LogP contribution in [0.4, 0.5) is 0 Å². The lowest BCUT2D eigenvalue weighted by molar-refractivity contribution is -0.145. The number of rotatable bonds is 5. The highest BCUT2D eigenvalue weighted by Crippen LogP contribution is 2.12. The fraction of sp³-hybridized carbons (Fsp3) is 0.400. The zero-order valence-corrected chi connectivity index (χ0v) is 8.51. The van der Waals surface area contributed by atoms with Crippen LogP contribution in [-0.2, 0) is 11.3 Å². The SMILES string of the molecule is CCC(Oc1ccc(CN)nc1)C(=O)O. The number of hydrogen-bond acceptors (Lipinski definition) is 4. The molecule has 82 valence electrons. The second-order valence-corrected chi connectivity index (χ2v) is 3.04. The number of hydrogen-bond donors (Lipinski definition) is 2. The van der Waals surface area contributed by atoms with Gasteiger partial charge in [-0.2, -0.15) is 0 Å². The van der Waals surface area contributed by atoms with E-state index in [0.717, 1.165) is 5.69 Å². The predicted molar refractivity (Wildman–Crippen MR) is 54.5 cm³/mol. The molecule has 1 atom stereocenters. The van der Waals surface area contributed by atoms with Gasteiger partial charge in [0, 0.05) is 6.54 Å². The molecule has 0 amide bonds. The minimum absolute atomic E-state index is 0.358. The number of ether oxygens (including phenoxy) is 1. The molecule has 5 heteroatoms. The highest BCUT2D eigenvalue weighted by Gasteiger charge is 2.16. The molecule has 3 N–H and O–H groups in total. The van der Waals surface area contributed by atoms with Gasteiger partial charge in [0.15, 0.2) is 6.10 Å². The van der Waals surface area contributed by atoms with Crippen molar-refractivity contribution in [2.75, 3.05) is 0 Å². The van der Waals surface area contributed by atoms with E-state index in [4.69, 9.17) is 15.6 Å². The fourth-order valence-electron chi connectivity index (χ4n) is 1.07. The summed E-state index contributed by atoms with van der Waals surface area (Å²) in [7, 11) is 0. The summed E-state index contributed by atoms with van der Waals surface area (Å²) in [5.41, 5.74) is 6.12. The Morgan fingerprint density at radius 1 is 1.67 bits per heavy atom. The van der Waals surface area contributed by atoms with E-state index in [9.17, 15) is 4.79 Å². The van der Waals surface area contributed by atoms with E-state index in [1.807, 2.05) is 0 Å². The van der Waals surface area contributed by atoms with Crippen molar-refractivity contribution < 1.29 is 14.6 Å². The predicted octanol–water partition coefficient (Wildman–Crippen LogP) is 0.782. The number of nitrogens with zero attached hydrogens (tertiary/aromatic N) is 1. The molecular weight excluding hydrogens is 196 g/mol. The van der Waals surface area contributed by atoms with E-state index >= 15 is 0 Å². The number of aliphatic carboxylic acids is 1. The van der Waals surface area contributed by atoms with Gasteiger partial charge in [0.2, 0.25) is 0 Å². The fourth-order valence-corrected chi connectivity index (χ4v) is 1.07. The van der Waals surface area contributed by atoms with Crippen LogP contribution in [0.1, 0.15) is 19.0 Å². The average molecular weight is 210 g/mol. The monoisotopic (exact) mass is 210 g/mol. The summed E-state index contributed by atoms with van der Waals surface area (Å²) >= 11 is 0. The van der Waals surface area contributed by atoms with Crippen LogP contribution in [0.15, 0.2) is 18.3 Å². The van der Waals surface area contributed by atoms with Gasteiger partial charge in [-0.25, -0.2) is 4.79 Å². The maximum Gasteiger partial charge on any atom is 0.344 e. The van der Waals surface area contributed by atoms with Crippen molar-refractivity contribution in [1.29, 1.82) is 0 Å². The molecule has 0 aliphatic rings. The molecule has 1 aromatic rings. The molecule has 0 fully saturated rings. The second kappa shape index (κ2) is 5.31. The van der Waals surface area contributed by atoms with Gasteiger partial charge in [-0.05, 0) is 18.6 Å². The minimum atomic E-state index is -0.972. The topological polar surface area (TPSA) is 85.4 Å². The van der Waals surface area contributed by atoms with Crippen LogP contribution in [0, 0.1) is 0 Å². The molecule has 0 aliphatic carbocycles. The number of nitrogens with two attached hydrogens (primary N) is 1. The van der Waals surface area contributed by atoms with Gasteiger partial charge in [-0.15, -0.1) is 0 Å². The Morgan fingerprint density at radius 2 is 2.40 bits per heavy atom. The van der Waals surface area contributed by atoms with Crippen molar-refractivity contribution in [3.63, 3.8) is 0 Å². The molecule has 0 radical (unpaired) electrons. The van der Waals surface area contributed by atoms with Gasteiger partial charge in [0.05, 0.1) is 11.9 Å². The van der Waals surface area contributed by atoms with Crippen LogP contribution in [0.5, 0.6) is 5.75 Å². The van der Waals surface area contributed by atoms with E-state index in [-0.39, 0.29) is 0 Å². The van der Waals surface area contributed by atoms with Gasteiger partial charge < -0.3 is 15.6 Å². The van der Waals surface area contributed by atoms with Crippen LogP contribution in [-0.4, -0.2) is 22.2 Å². The standard InChI is InChI=1S/C10H14N2O3/c1-2-9(10(13)14)15-8-4-3-7(5-11)12-6-8/h3-4,6,9H,2,5,11H2,1H3,(H,13,14). The molecule has 0 spiro atoms. The molecule has 0 aromatic carbocycles. The van der Waals surface area contributed by atoms with Gasteiger partial charge in [-0.3, -0.25) is 4.98 Å². The largest absolute Gasteiger partial charge is 0.479 e. The lowest BCUT2D eigenvalue weighted by Gasteiger charge is -2.12. The third kappa shape index (κ3) is 3.21. The highest BCUT2D eigenvalue weighted by molar-refractivity contribution is 5.72. The average Bonchev–Trinajstić information content (AvgIpc) is 2.26. The van der Waals surface area contributed by atoms with Gasteiger partial charge in [0.1, 0.15) is 5.75 Å². The number of pyridine rings is 1. The van der Waals surface area contributed by atoms with Crippen molar-refractivity contribution in [3.8, 4) is 5.75 Å². The summed E-state index contributed by atoms with van der Waals surface area (Å²) in [6.45, 7) is 2.11. The Kier molecular flexibility index (Phi) is 4.05. The van der Waals surface area contributed by atoms with Gasteiger partial charge in [-0.1, -0.05) is 6.92 Å². The molecule has 0 saturated heterocycles. The van der Waals surface area contributed by atoms with Crippen molar-refractivity contribution >= 4 is 5.97 Å². The molecule has 15 heavy (non-hydrogen) atoms. The first-order chi connectivity index (χ1) is 7.17. The quantitative estimate of drug-likeness (QED) is 0.750. The Hall–Kier alpha value is -1.62. The highest BCUT2D eigenvalue weighted by atomic mass is 16.5. The molecule has 0 aliphatic heterocycles. The summed E-state index contributed by atoms with van der Waals surface area (Å²) in [6.07, 6.45) is 1.07. The Labute approximate surface area is 87.9 Å². The molecule has 0 saturated carbocycles. The summed E-state index contributed by atoms with van der Waals surface area (Å²) in [6, 6.07) is 3.38. The third-order valence-electron chi connectivity index (χ3n) is 1.93. The molecular formula is C10H14N2O3. The third-order valence-corrected chi connectivity index (χ3v) is 1.93. The Morgan fingerprint density at radius 3 is 2.80 bits per heavy atom. The van der Waals surface area contributed by atoms with E-state index in [0.29, 0.717) is 18.7 Å². The summed E-state index contributed by atoms with van der Waals surface area (Å²) < 4.78 is 5.22. The Bertz CT molecular complexity index is 324. The van der Waals surface area contributed by atoms with E-state index < -0.39 is 12.1 Å². The van der Waals surface area contributed by atoms with Crippen LogP contribution in [0.25, 0.3) is 0 Å². The van der Waals surface area contributed by atoms with Crippen molar-refractivity contribution in [2.24, 2.45) is 5.73 Å². The van der Waals surface area contributed by atoms with Crippen LogP contribution < -0.4 is 10.5 Å². The smallest absolute Gasteiger partial charge is 0.344 e. The first-order valence-electron chi connectivity index (χ1n) is 4.71. The van der Waals surface area contributed by atoms with Gasteiger partial charge in [0.25, 0.3) is 0 Å². The maximum atomic E-state index is 10.7. The molecule has 1 rings (SSSR count). The van der Waals surface area contributed by atoms with E-state index in [1.54, 1.807) is 19.1 Å². The molecule has 1 unspecified atom stereocenters. The van der Waals surface area contributed by atoms with Crippen LogP contribution >= 0.6 is 0 Å². The van der Waals surface area contributed by atoms with Crippen molar-refractivity contribution in [1.82, 2.24) is 4.98 Å². The zero-order valence-electron chi connectivity index (χ0n) is 8.51.